The lowest BCUT2D eigenvalue weighted by atomic mass is 10.6. The molecule has 0 aromatic rings. The van der Waals surface area contributed by atoms with E-state index in [-0.39, 0.29) is 0 Å². The van der Waals surface area contributed by atoms with Crippen LogP contribution in [0.15, 0.2) is 4.99 Å². The van der Waals surface area contributed by atoms with E-state index in [9.17, 15) is 0 Å². The third kappa shape index (κ3) is 10.1. The van der Waals surface area contributed by atoms with Crippen LogP contribution in [0.2, 0.25) is 0 Å². The fourth-order valence-corrected chi connectivity index (χ4v) is 0.200. The Kier molecular flexibility index (Phi) is 9.46. The maximum atomic E-state index is 4.60. The van der Waals surface area contributed by atoms with Gasteiger partial charge in [-0.1, -0.05) is 0 Å². The second kappa shape index (κ2) is 8.03. The van der Waals surface area contributed by atoms with Gasteiger partial charge in [-0.25, -0.2) is 0 Å². The van der Waals surface area contributed by atoms with Gasteiger partial charge in [0.15, 0.2) is 0 Å². The van der Waals surface area contributed by atoms with Crippen molar-refractivity contribution in [2.75, 3.05) is 21.1 Å². The molecular formula is C8H16N2. The van der Waals surface area contributed by atoms with Crippen molar-refractivity contribution in [3.05, 3.63) is 0 Å². The van der Waals surface area contributed by atoms with Gasteiger partial charge in [0.1, 0.15) is 0 Å². The summed E-state index contributed by atoms with van der Waals surface area (Å²) < 4.78 is 0. The predicted molar refractivity (Wildman–Crippen MR) is 47.2 cm³/mol. The highest BCUT2D eigenvalue weighted by atomic mass is 15.1. The van der Waals surface area contributed by atoms with Crippen molar-refractivity contribution >= 4 is 5.84 Å². The van der Waals surface area contributed by atoms with E-state index in [1.54, 1.807) is 14.0 Å². The highest BCUT2D eigenvalue weighted by Crippen LogP contribution is 1.76. The average molecular weight is 140 g/mol. The molecule has 0 unspecified atom stereocenters. The van der Waals surface area contributed by atoms with Crippen molar-refractivity contribution in [2.45, 2.75) is 13.8 Å². The summed E-state index contributed by atoms with van der Waals surface area (Å²) in [6.45, 7) is 3.62. The summed E-state index contributed by atoms with van der Waals surface area (Å²) >= 11 is 0. The zero-order valence-corrected chi connectivity index (χ0v) is 7.47. The van der Waals surface area contributed by atoms with Gasteiger partial charge >= 0.3 is 0 Å². The van der Waals surface area contributed by atoms with Gasteiger partial charge in [0, 0.05) is 21.1 Å². The molecule has 0 aromatic heterocycles. The maximum Gasteiger partial charge on any atom is 0.0948 e. The molecule has 0 N–H and O–H groups in total. The molecular weight excluding hydrogens is 124 g/mol. The number of amidine groups is 1. The van der Waals surface area contributed by atoms with Crippen molar-refractivity contribution in [1.82, 2.24) is 4.90 Å². The topological polar surface area (TPSA) is 15.6 Å². The van der Waals surface area contributed by atoms with E-state index in [1.807, 2.05) is 25.9 Å². The minimum atomic E-state index is 1.06. The highest BCUT2D eigenvalue weighted by Gasteiger charge is 1.85. The van der Waals surface area contributed by atoms with Crippen molar-refractivity contribution in [2.24, 2.45) is 4.99 Å². The smallest absolute Gasteiger partial charge is 0.0948 e. The summed E-state index contributed by atoms with van der Waals surface area (Å²) in [6.07, 6.45) is 4.60. The van der Waals surface area contributed by atoms with Crippen LogP contribution < -0.4 is 0 Å². The first kappa shape index (κ1) is 11.8. The van der Waals surface area contributed by atoms with Gasteiger partial charge < -0.3 is 4.90 Å². The summed E-state index contributed by atoms with van der Waals surface area (Å²) in [7, 11) is 5.74. The summed E-state index contributed by atoms with van der Waals surface area (Å²) in [4.78, 5) is 5.90. The molecule has 0 atom stereocenters. The van der Waals surface area contributed by atoms with Crippen LogP contribution in [0.5, 0.6) is 0 Å². The van der Waals surface area contributed by atoms with E-state index >= 15 is 0 Å². The summed E-state index contributed by atoms with van der Waals surface area (Å²) in [6, 6.07) is 0. The molecule has 0 fully saturated rings. The van der Waals surface area contributed by atoms with Crippen LogP contribution in [-0.4, -0.2) is 31.9 Å². The highest BCUT2D eigenvalue weighted by molar-refractivity contribution is 5.78. The van der Waals surface area contributed by atoms with E-state index in [4.69, 9.17) is 0 Å². The molecule has 10 heavy (non-hydrogen) atoms. The van der Waals surface area contributed by atoms with Crippen LogP contribution in [0.25, 0.3) is 0 Å². The van der Waals surface area contributed by atoms with Crippen LogP contribution >= 0.6 is 0 Å². The SMILES string of the molecule is C#CC.CN=C(C)N(C)C. The number of aliphatic imine (C=N–C) groups is 1. The zero-order chi connectivity index (χ0) is 8.57. The first-order chi connectivity index (χ1) is 4.59. The summed E-state index contributed by atoms with van der Waals surface area (Å²) in [5.41, 5.74) is 0. The van der Waals surface area contributed by atoms with E-state index in [0.717, 1.165) is 5.84 Å². The van der Waals surface area contributed by atoms with Gasteiger partial charge in [0.05, 0.1) is 5.84 Å². The third-order valence-corrected chi connectivity index (χ3v) is 0.971. The Morgan fingerprint density at radius 2 is 1.80 bits per heavy atom. The first-order valence-corrected chi connectivity index (χ1v) is 3.08. The monoisotopic (exact) mass is 140 g/mol. The minimum absolute atomic E-state index is 1.06. The maximum absolute atomic E-state index is 4.60. The minimum Gasteiger partial charge on any atom is -0.367 e. The Balaban J connectivity index is 0. The van der Waals surface area contributed by atoms with Crippen LogP contribution in [-0.2, 0) is 0 Å². The molecule has 2 nitrogen and oxygen atoms in total. The molecule has 0 aliphatic rings. The quantitative estimate of drug-likeness (QED) is 0.281. The van der Waals surface area contributed by atoms with Gasteiger partial charge in [-0.15, -0.1) is 12.3 Å². The van der Waals surface area contributed by atoms with Gasteiger partial charge in [-0.3, -0.25) is 4.99 Å². The van der Waals surface area contributed by atoms with Crippen LogP contribution in [0.1, 0.15) is 13.8 Å². The number of rotatable bonds is 0. The van der Waals surface area contributed by atoms with E-state index < -0.39 is 0 Å². The second-order valence-electron chi connectivity index (χ2n) is 1.95. The van der Waals surface area contributed by atoms with Gasteiger partial charge in [0.2, 0.25) is 0 Å². The molecule has 0 heterocycles. The van der Waals surface area contributed by atoms with Crippen molar-refractivity contribution in [3.8, 4) is 12.3 Å². The first-order valence-electron chi connectivity index (χ1n) is 3.08. The molecule has 0 bridgehead atoms. The number of hydrogen-bond acceptors (Lipinski definition) is 1. The Morgan fingerprint density at radius 3 is 1.80 bits per heavy atom. The summed E-state index contributed by atoms with van der Waals surface area (Å²) in [5.74, 6) is 3.31. The van der Waals surface area contributed by atoms with Crippen LogP contribution in [0.4, 0.5) is 0 Å². The van der Waals surface area contributed by atoms with Crippen molar-refractivity contribution < 1.29 is 0 Å². The Bertz CT molecular complexity index is 129. The molecule has 2 heteroatoms. The standard InChI is InChI=1S/C5H12N2.C3H4/c1-5(6-2)7(3)4;1-3-2/h1-4H3;1H,2H3. The fourth-order valence-electron chi connectivity index (χ4n) is 0.200. The molecule has 0 aliphatic heterocycles. The fraction of sp³-hybridized carbons (Fsp3) is 0.625. The summed E-state index contributed by atoms with van der Waals surface area (Å²) in [5, 5.41) is 0. The molecule has 58 valence electrons. The lowest BCUT2D eigenvalue weighted by Gasteiger charge is -2.08. The Labute approximate surface area is 64.0 Å². The number of hydrogen-bond donors (Lipinski definition) is 0. The lowest BCUT2D eigenvalue weighted by molar-refractivity contribution is 0.617. The predicted octanol–water partition coefficient (Wildman–Crippen LogP) is 1.24. The van der Waals surface area contributed by atoms with Gasteiger partial charge in [-0.05, 0) is 13.8 Å². The number of terminal acetylenes is 1. The normalized spacial score (nSPS) is 9.00. The van der Waals surface area contributed by atoms with Crippen LogP contribution in [0.3, 0.4) is 0 Å². The average Bonchev–Trinajstić information content (AvgIpc) is 1.88. The van der Waals surface area contributed by atoms with E-state index in [1.165, 1.54) is 0 Å². The second-order valence-corrected chi connectivity index (χ2v) is 1.95. The van der Waals surface area contributed by atoms with Crippen molar-refractivity contribution in [3.63, 3.8) is 0 Å². The molecule has 0 spiro atoms. The molecule has 0 aliphatic carbocycles. The Morgan fingerprint density at radius 1 is 1.50 bits per heavy atom. The molecule has 0 aromatic carbocycles. The van der Waals surface area contributed by atoms with Crippen molar-refractivity contribution in [1.29, 1.82) is 0 Å². The van der Waals surface area contributed by atoms with E-state index in [2.05, 4.69) is 17.3 Å². The van der Waals surface area contributed by atoms with Crippen LogP contribution in [0, 0.1) is 12.3 Å². The lowest BCUT2D eigenvalue weighted by Crippen LogP contribution is -2.17. The molecule has 0 amide bonds. The molecule has 0 saturated heterocycles. The number of nitrogens with zero attached hydrogens (tertiary/aromatic N) is 2. The third-order valence-electron chi connectivity index (χ3n) is 0.971. The van der Waals surface area contributed by atoms with E-state index in [0.29, 0.717) is 0 Å². The van der Waals surface area contributed by atoms with Gasteiger partial charge in [-0.2, -0.15) is 0 Å². The Hall–Kier alpha value is -0.970. The molecule has 0 saturated carbocycles. The molecule has 0 radical (unpaired) electrons. The van der Waals surface area contributed by atoms with Gasteiger partial charge in [0.25, 0.3) is 0 Å². The molecule has 0 rings (SSSR count). The zero-order valence-electron chi connectivity index (χ0n) is 7.47. The largest absolute Gasteiger partial charge is 0.367 e.